The minimum Gasteiger partial charge on any atom is -0.437 e. The summed E-state index contributed by atoms with van der Waals surface area (Å²) < 4.78 is 20.2. The molecule has 0 radical (unpaired) electrons. The molecule has 0 atom stereocenters. The molecule has 1 fully saturated rings. The van der Waals surface area contributed by atoms with Gasteiger partial charge in [0.05, 0.1) is 16.3 Å². The van der Waals surface area contributed by atoms with E-state index in [4.69, 9.17) is 4.74 Å². The molecule has 2 aromatic carbocycles. The molecule has 2 amide bonds. The molecular formula is C22H19FN4O5. The summed E-state index contributed by atoms with van der Waals surface area (Å²) in [6.45, 7) is 1.93. The van der Waals surface area contributed by atoms with E-state index in [-0.39, 0.29) is 48.9 Å². The SMILES string of the molecule is CC(=O)C(=O)N1CCN(C(=O)c2cc(Oc3n[nH]c(=O)c4ccccc34)ccc2F)CC1. The Morgan fingerprint density at radius 2 is 1.66 bits per heavy atom. The number of Topliss-reactive ketones (excluding diaryl/α,β-unsaturated/α-hetero) is 1. The summed E-state index contributed by atoms with van der Waals surface area (Å²) >= 11 is 0. The van der Waals surface area contributed by atoms with E-state index in [9.17, 15) is 23.6 Å². The van der Waals surface area contributed by atoms with E-state index < -0.39 is 23.4 Å². The van der Waals surface area contributed by atoms with Crippen molar-refractivity contribution in [3.63, 3.8) is 0 Å². The molecule has 2 heterocycles. The molecule has 1 saturated heterocycles. The molecule has 4 rings (SSSR count). The Bertz CT molecular complexity index is 1280. The molecule has 0 unspecified atom stereocenters. The van der Waals surface area contributed by atoms with Gasteiger partial charge in [-0.05, 0) is 30.3 Å². The van der Waals surface area contributed by atoms with E-state index in [0.717, 1.165) is 6.07 Å². The van der Waals surface area contributed by atoms with Crippen LogP contribution >= 0.6 is 0 Å². The largest absolute Gasteiger partial charge is 0.437 e. The number of hydrogen-bond donors (Lipinski definition) is 1. The second-order valence-corrected chi connectivity index (χ2v) is 7.29. The number of ketones is 1. The predicted octanol–water partition coefficient (Wildman–Crippen LogP) is 1.73. The van der Waals surface area contributed by atoms with Gasteiger partial charge in [0.2, 0.25) is 11.7 Å². The monoisotopic (exact) mass is 438 g/mol. The number of ether oxygens (including phenoxy) is 1. The van der Waals surface area contributed by atoms with E-state index in [1.807, 2.05) is 0 Å². The second kappa shape index (κ2) is 8.58. The van der Waals surface area contributed by atoms with Gasteiger partial charge in [-0.1, -0.05) is 12.1 Å². The van der Waals surface area contributed by atoms with Crippen molar-refractivity contribution in [3.8, 4) is 11.6 Å². The summed E-state index contributed by atoms with van der Waals surface area (Å²) in [4.78, 5) is 50.7. The Hall–Kier alpha value is -4.08. The van der Waals surface area contributed by atoms with Crippen molar-refractivity contribution in [3.05, 3.63) is 64.2 Å². The molecule has 1 aromatic heterocycles. The van der Waals surface area contributed by atoms with Gasteiger partial charge in [-0.3, -0.25) is 19.2 Å². The maximum atomic E-state index is 14.5. The van der Waals surface area contributed by atoms with Gasteiger partial charge in [0.15, 0.2) is 0 Å². The third kappa shape index (κ3) is 4.07. The lowest BCUT2D eigenvalue weighted by molar-refractivity contribution is -0.144. The van der Waals surface area contributed by atoms with Crippen LogP contribution in [0.25, 0.3) is 10.8 Å². The van der Waals surface area contributed by atoms with Gasteiger partial charge in [-0.15, -0.1) is 5.10 Å². The normalized spacial score (nSPS) is 13.8. The molecule has 32 heavy (non-hydrogen) atoms. The standard InChI is InChI=1S/C22H19FN4O5/c1-13(28)21(30)26-8-10-27(11-9-26)22(31)17-12-14(6-7-18(17)23)32-20-16-5-3-2-4-15(16)19(29)24-25-20/h2-7,12H,8-11H2,1H3,(H,24,29). The van der Waals surface area contributed by atoms with Crippen molar-refractivity contribution in [1.29, 1.82) is 0 Å². The van der Waals surface area contributed by atoms with Crippen LogP contribution in [-0.4, -0.2) is 63.8 Å². The fourth-order valence-electron chi connectivity index (χ4n) is 3.52. The number of nitrogens with zero attached hydrogens (tertiary/aromatic N) is 3. The Morgan fingerprint density at radius 3 is 2.34 bits per heavy atom. The third-order valence-corrected chi connectivity index (χ3v) is 5.20. The van der Waals surface area contributed by atoms with E-state index in [0.29, 0.717) is 10.8 Å². The zero-order chi connectivity index (χ0) is 22.8. The van der Waals surface area contributed by atoms with Crippen LogP contribution in [0.15, 0.2) is 47.3 Å². The van der Waals surface area contributed by atoms with Gasteiger partial charge in [0.25, 0.3) is 17.4 Å². The summed E-state index contributed by atoms with van der Waals surface area (Å²) in [5.74, 6) is -2.15. The first-order chi connectivity index (χ1) is 15.3. The lowest BCUT2D eigenvalue weighted by Crippen LogP contribution is -2.52. The Labute approximate surface area is 181 Å². The zero-order valence-electron chi connectivity index (χ0n) is 17.1. The van der Waals surface area contributed by atoms with Crippen LogP contribution in [0.5, 0.6) is 11.6 Å². The van der Waals surface area contributed by atoms with Crippen molar-refractivity contribution >= 4 is 28.4 Å². The molecule has 9 nitrogen and oxygen atoms in total. The quantitative estimate of drug-likeness (QED) is 0.621. The van der Waals surface area contributed by atoms with Gasteiger partial charge >= 0.3 is 0 Å². The number of fused-ring (bicyclic) bond motifs is 1. The topological polar surface area (TPSA) is 113 Å². The third-order valence-electron chi connectivity index (χ3n) is 5.20. The van der Waals surface area contributed by atoms with Crippen LogP contribution in [0.1, 0.15) is 17.3 Å². The van der Waals surface area contributed by atoms with Crippen molar-refractivity contribution in [2.45, 2.75) is 6.92 Å². The molecule has 0 spiro atoms. The first-order valence-electron chi connectivity index (χ1n) is 9.89. The number of carbonyl (C=O) groups is 3. The number of aromatic nitrogens is 2. The second-order valence-electron chi connectivity index (χ2n) is 7.29. The number of rotatable bonds is 4. The maximum absolute atomic E-state index is 14.5. The van der Waals surface area contributed by atoms with Gasteiger partial charge in [0.1, 0.15) is 11.6 Å². The van der Waals surface area contributed by atoms with Crippen molar-refractivity contribution in [2.24, 2.45) is 0 Å². The Morgan fingerprint density at radius 1 is 1.00 bits per heavy atom. The smallest absolute Gasteiger partial charge is 0.289 e. The zero-order valence-corrected chi connectivity index (χ0v) is 17.1. The first-order valence-corrected chi connectivity index (χ1v) is 9.89. The number of H-pyrrole nitrogens is 1. The minimum atomic E-state index is -0.719. The fraction of sp³-hybridized carbons (Fsp3) is 0.227. The van der Waals surface area contributed by atoms with Crippen molar-refractivity contribution < 1.29 is 23.5 Å². The first kappa shape index (κ1) is 21.2. The van der Waals surface area contributed by atoms with E-state index in [2.05, 4.69) is 10.2 Å². The van der Waals surface area contributed by atoms with E-state index >= 15 is 0 Å². The van der Waals surface area contributed by atoms with Crippen LogP contribution in [-0.2, 0) is 9.59 Å². The summed E-state index contributed by atoms with van der Waals surface area (Å²) in [5, 5.41) is 7.12. The fourth-order valence-corrected chi connectivity index (χ4v) is 3.52. The molecule has 1 aliphatic heterocycles. The Balaban J connectivity index is 1.55. The lowest BCUT2D eigenvalue weighted by atomic mass is 10.1. The van der Waals surface area contributed by atoms with E-state index in [1.165, 1.54) is 28.9 Å². The summed E-state index contributed by atoms with van der Waals surface area (Å²) in [6.07, 6.45) is 0. The van der Waals surface area contributed by atoms with Crippen molar-refractivity contribution in [2.75, 3.05) is 26.2 Å². The van der Waals surface area contributed by atoms with Crippen LogP contribution in [0.3, 0.4) is 0 Å². The number of carbonyl (C=O) groups excluding carboxylic acids is 3. The molecule has 3 aromatic rings. The molecule has 0 saturated carbocycles. The van der Waals surface area contributed by atoms with Gasteiger partial charge < -0.3 is 14.5 Å². The summed E-state index contributed by atoms with van der Waals surface area (Å²) in [5.41, 5.74) is -0.562. The molecule has 0 bridgehead atoms. The number of piperazine rings is 1. The number of nitrogens with one attached hydrogen (secondary N) is 1. The van der Waals surface area contributed by atoms with Crippen LogP contribution < -0.4 is 10.3 Å². The molecule has 164 valence electrons. The highest BCUT2D eigenvalue weighted by Gasteiger charge is 2.28. The van der Waals surface area contributed by atoms with Gasteiger partial charge in [0, 0.05) is 33.1 Å². The lowest BCUT2D eigenvalue weighted by Gasteiger charge is -2.34. The highest BCUT2D eigenvalue weighted by molar-refractivity contribution is 6.35. The van der Waals surface area contributed by atoms with Gasteiger partial charge in [-0.2, -0.15) is 0 Å². The predicted molar refractivity (Wildman–Crippen MR) is 112 cm³/mol. The van der Waals surface area contributed by atoms with Gasteiger partial charge in [-0.25, -0.2) is 9.49 Å². The maximum Gasteiger partial charge on any atom is 0.289 e. The molecule has 10 heteroatoms. The molecular weight excluding hydrogens is 419 g/mol. The summed E-state index contributed by atoms with van der Waals surface area (Å²) in [6, 6.07) is 10.5. The number of benzene rings is 2. The molecule has 1 N–H and O–H groups in total. The summed E-state index contributed by atoms with van der Waals surface area (Å²) in [7, 11) is 0. The number of aromatic amines is 1. The number of amides is 2. The number of hydrogen-bond acceptors (Lipinski definition) is 6. The Kier molecular flexibility index (Phi) is 5.67. The van der Waals surface area contributed by atoms with E-state index in [1.54, 1.807) is 24.3 Å². The molecule has 1 aliphatic rings. The van der Waals surface area contributed by atoms with Crippen LogP contribution in [0, 0.1) is 5.82 Å². The highest BCUT2D eigenvalue weighted by Crippen LogP contribution is 2.27. The van der Waals surface area contributed by atoms with Crippen molar-refractivity contribution in [1.82, 2.24) is 20.0 Å². The number of halogens is 1. The van der Waals surface area contributed by atoms with Crippen LogP contribution in [0.4, 0.5) is 4.39 Å². The molecule has 0 aliphatic carbocycles. The van der Waals surface area contributed by atoms with Crippen LogP contribution in [0.2, 0.25) is 0 Å². The average Bonchev–Trinajstić information content (AvgIpc) is 2.81. The minimum absolute atomic E-state index is 0.113. The highest BCUT2D eigenvalue weighted by atomic mass is 19.1. The average molecular weight is 438 g/mol.